The molecule has 0 rings (SSSR count). The summed E-state index contributed by atoms with van der Waals surface area (Å²) in [5.74, 6) is -1.25. The van der Waals surface area contributed by atoms with Crippen LogP contribution in [0.3, 0.4) is 0 Å². The molecule has 0 aliphatic heterocycles. The van der Waals surface area contributed by atoms with E-state index in [4.69, 9.17) is 11.6 Å². The largest absolute Gasteiger partial charge is 0.373 e. The van der Waals surface area contributed by atoms with Crippen LogP contribution in [0.15, 0.2) is 0 Å². The summed E-state index contributed by atoms with van der Waals surface area (Å²) in [5.41, 5.74) is 0. The van der Waals surface area contributed by atoms with Crippen LogP contribution in [0.5, 0.6) is 0 Å². The highest BCUT2D eigenvalue weighted by Crippen LogP contribution is 2.08. The molecule has 0 aromatic heterocycles. The minimum atomic E-state index is -1.19. The average molecular weight is 136 g/mol. The lowest BCUT2D eigenvalue weighted by atomic mass is 10.1. The smallest absolute Gasteiger partial charge is 0.246 e. The molecule has 0 spiro atoms. The Hall–Kier alpha value is -0.240. The molecule has 1 radical (unpaired) electrons. The van der Waals surface area contributed by atoms with Crippen molar-refractivity contribution < 1.29 is 9.90 Å². The third kappa shape index (κ3) is 2.17. The molecular formula is C5H8ClO2. The Labute approximate surface area is 53.5 Å². The number of hydrogen-bond acceptors (Lipinski definition) is 1. The van der Waals surface area contributed by atoms with Crippen molar-refractivity contribution >= 4 is 17.6 Å². The predicted molar refractivity (Wildman–Crippen MR) is 30.2 cm³/mol. The maximum absolute atomic E-state index is 9.90. The minimum absolute atomic E-state index is 0.0540. The molecule has 0 aromatic rings. The number of hydrogen-bond donors (Lipinski definition) is 0. The second-order valence-electron chi connectivity index (χ2n) is 1.96. The molecule has 2 nitrogen and oxygen atoms in total. The molecule has 47 valence electrons. The molecule has 1 unspecified atom stereocenters. The van der Waals surface area contributed by atoms with Crippen molar-refractivity contribution in [3.63, 3.8) is 0 Å². The van der Waals surface area contributed by atoms with Gasteiger partial charge in [0.1, 0.15) is 5.38 Å². The zero-order valence-electron chi connectivity index (χ0n) is 4.85. The summed E-state index contributed by atoms with van der Waals surface area (Å²) in [6.45, 7) is 3.46. The summed E-state index contributed by atoms with van der Waals surface area (Å²) in [7, 11) is 0. The highest BCUT2D eigenvalue weighted by Gasteiger charge is 2.18. The van der Waals surface area contributed by atoms with Crippen LogP contribution in [0, 0.1) is 5.92 Å². The van der Waals surface area contributed by atoms with E-state index in [0.717, 1.165) is 0 Å². The number of carbonyl (C=O) groups is 1. The molecule has 0 amide bonds. The van der Waals surface area contributed by atoms with Crippen molar-refractivity contribution in [1.82, 2.24) is 0 Å². The second-order valence-corrected chi connectivity index (χ2v) is 2.44. The first kappa shape index (κ1) is 7.76. The van der Waals surface area contributed by atoms with Gasteiger partial charge >= 0.3 is 5.97 Å². The second kappa shape index (κ2) is 2.92. The monoisotopic (exact) mass is 135 g/mol. The molecule has 8 heavy (non-hydrogen) atoms. The molecule has 0 fully saturated rings. The van der Waals surface area contributed by atoms with Gasteiger partial charge in [-0.05, 0) is 5.92 Å². The van der Waals surface area contributed by atoms with E-state index < -0.39 is 11.3 Å². The fraction of sp³-hybridized carbons (Fsp3) is 0.800. The first-order chi connectivity index (χ1) is 3.55. The van der Waals surface area contributed by atoms with Crippen molar-refractivity contribution in [1.29, 1.82) is 0 Å². The van der Waals surface area contributed by atoms with Gasteiger partial charge in [0.25, 0.3) is 0 Å². The Morgan fingerprint density at radius 1 is 1.50 bits per heavy atom. The Morgan fingerprint density at radius 3 is 1.88 bits per heavy atom. The van der Waals surface area contributed by atoms with Crippen LogP contribution < -0.4 is 0 Å². The van der Waals surface area contributed by atoms with Crippen LogP contribution in [0.2, 0.25) is 0 Å². The number of carbonyl (C=O) groups excluding carboxylic acids is 1. The highest BCUT2D eigenvalue weighted by molar-refractivity contribution is 6.29. The van der Waals surface area contributed by atoms with Crippen molar-refractivity contribution in [2.75, 3.05) is 0 Å². The van der Waals surface area contributed by atoms with E-state index in [9.17, 15) is 9.90 Å². The standard InChI is InChI=1S/C5H8ClO2/c1-3(2)4(6)5(7)8/h3-4H,1-2H3. The Bertz CT molecular complexity index is 90.4. The Kier molecular flexibility index (Phi) is 2.84. The van der Waals surface area contributed by atoms with E-state index in [0.29, 0.717) is 0 Å². The van der Waals surface area contributed by atoms with E-state index in [1.54, 1.807) is 13.8 Å². The van der Waals surface area contributed by atoms with Crippen LogP contribution in [-0.4, -0.2) is 11.3 Å². The molecular weight excluding hydrogens is 128 g/mol. The van der Waals surface area contributed by atoms with Gasteiger partial charge in [-0.15, -0.1) is 11.6 Å². The SMILES string of the molecule is CC(C)C(Cl)C([O])=O. The molecule has 1 atom stereocenters. The number of alkyl halides is 1. The van der Waals surface area contributed by atoms with Gasteiger partial charge in [-0.2, -0.15) is 0 Å². The molecule has 0 aliphatic carbocycles. The van der Waals surface area contributed by atoms with Gasteiger partial charge in [-0.25, -0.2) is 9.90 Å². The lowest BCUT2D eigenvalue weighted by Crippen LogP contribution is -2.17. The molecule has 0 aromatic carbocycles. The third-order valence-electron chi connectivity index (χ3n) is 0.810. The maximum Gasteiger partial charge on any atom is 0.373 e. The van der Waals surface area contributed by atoms with Gasteiger partial charge in [-0.3, -0.25) is 0 Å². The Balaban J connectivity index is 3.64. The molecule has 3 heteroatoms. The number of halogens is 1. The first-order valence-electron chi connectivity index (χ1n) is 2.40. The quantitative estimate of drug-likeness (QED) is 0.525. The summed E-state index contributed by atoms with van der Waals surface area (Å²) in [4.78, 5) is 9.90. The molecule has 0 aliphatic rings. The fourth-order valence-electron chi connectivity index (χ4n) is 0.272. The maximum atomic E-state index is 9.90. The van der Waals surface area contributed by atoms with Crippen LogP contribution in [0.4, 0.5) is 0 Å². The third-order valence-corrected chi connectivity index (χ3v) is 1.49. The van der Waals surface area contributed by atoms with Crippen LogP contribution in [0.1, 0.15) is 13.8 Å². The van der Waals surface area contributed by atoms with Crippen molar-refractivity contribution in [2.45, 2.75) is 19.2 Å². The average Bonchev–Trinajstić information content (AvgIpc) is 1.64. The lowest BCUT2D eigenvalue weighted by molar-refractivity contribution is -0.143. The summed E-state index contributed by atoms with van der Waals surface area (Å²) >= 11 is 5.29. The summed E-state index contributed by atoms with van der Waals surface area (Å²) in [6, 6.07) is 0. The van der Waals surface area contributed by atoms with Gasteiger partial charge in [0.2, 0.25) is 0 Å². The summed E-state index contributed by atoms with van der Waals surface area (Å²) in [6.07, 6.45) is 0. The van der Waals surface area contributed by atoms with Crippen LogP contribution in [-0.2, 0) is 9.90 Å². The lowest BCUT2D eigenvalue weighted by Gasteiger charge is -2.03. The van der Waals surface area contributed by atoms with Gasteiger partial charge in [-0.1, -0.05) is 13.8 Å². The van der Waals surface area contributed by atoms with Gasteiger partial charge in [0, 0.05) is 0 Å². The van der Waals surface area contributed by atoms with Crippen molar-refractivity contribution in [3.05, 3.63) is 0 Å². The topological polar surface area (TPSA) is 37.0 Å². The minimum Gasteiger partial charge on any atom is -0.246 e. The summed E-state index contributed by atoms with van der Waals surface area (Å²) in [5, 5.41) is 9.05. The summed E-state index contributed by atoms with van der Waals surface area (Å²) < 4.78 is 0. The van der Waals surface area contributed by atoms with E-state index in [2.05, 4.69) is 0 Å². The van der Waals surface area contributed by atoms with Gasteiger partial charge in [0.15, 0.2) is 0 Å². The van der Waals surface area contributed by atoms with Gasteiger partial charge in [0.05, 0.1) is 0 Å². The number of rotatable bonds is 2. The van der Waals surface area contributed by atoms with Gasteiger partial charge < -0.3 is 0 Å². The van der Waals surface area contributed by atoms with Crippen LogP contribution in [0.25, 0.3) is 0 Å². The zero-order chi connectivity index (χ0) is 6.73. The Morgan fingerprint density at radius 2 is 1.88 bits per heavy atom. The molecule has 0 N–H and O–H groups in total. The zero-order valence-corrected chi connectivity index (χ0v) is 5.61. The first-order valence-corrected chi connectivity index (χ1v) is 2.84. The van der Waals surface area contributed by atoms with Crippen LogP contribution >= 0.6 is 11.6 Å². The molecule has 0 saturated heterocycles. The van der Waals surface area contributed by atoms with E-state index in [1.807, 2.05) is 0 Å². The highest BCUT2D eigenvalue weighted by atomic mass is 35.5. The fourth-order valence-corrected chi connectivity index (χ4v) is 0.272. The normalized spacial score (nSPS) is 14.0. The van der Waals surface area contributed by atoms with E-state index in [-0.39, 0.29) is 5.92 Å². The van der Waals surface area contributed by atoms with E-state index >= 15 is 0 Å². The van der Waals surface area contributed by atoms with E-state index in [1.165, 1.54) is 0 Å². The molecule has 0 bridgehead atoms. The molecule has 0 heterocycles. The molecule has 0 saturated carbocycles. The van der Waals surface area contributed by atoms with Crippen molar-refractivity contribution in [2.24, 2.45) is 5.92 Å². The van der Waals surface area contributed by atoms with Crippen molar-refractivity contribution in [3.8, 4) is 0 Å². The predicted octanol–water partition coefficient (Wildman–Crippen LogP) is 1.21.